The summed E-state index contributed by atoms with van der Waals surface area (Å²) in [4.78, 5) is 0. The van der Waals surface area contributed by atoms with Crippen LogP contribution in [0.4, 0.5) is 0 Å². The Hall–Kier alpha value is -1.22. The molecule has 1 atom stereocenters. The molecule has 3 heteroatoms. The molecule has 3 nitrogen and oxygen atoms in total. The van der Waals surface area contributed by atoms with Crippen molar-refractivity contribution in [3.05, 3.63) is 23.8 Å². The maximum atomic E-state index is 5.40. The minimum atomic E-state index is 0.352. The van der Waals surface area contributed by atoms with Gasteiger partial charge in [-0.15, -0.1) is 0 Å². The molecule has 1 aliphatic carbocycles. The maximum Gasteiger partial charge on any atom is 0.231 e. The van der Waals surface area contributed by atoms with Crippen LogP contribution in [-0.2, 0) is 6.54 Å². The van der Waals surface area contributed by atoms with Crippen molar-refractivity contribution in [2.75, 3.05) is 6.79 Å². The van der Waals surface area contributed by atoms with Crippen LogP contribution in [0, 0.1) is 5.92 Å². The van der Waals surface area contributed by atoms with E-state index in [9.17, 15) is 0 Å². The fourth-order valence-electron chi connectivity index (χ4n) is 2.95. The minimum Gasteiger partial charge on any atom is -0.454 e. The lowest BCUT2D eigenvalue weighted by Crippen LogP contribution is -2.31. The van der Waals surface area contributed by atoms with Crippen molar-refractivity contribution in [2.45, 2.75) is 45.2 Å². The summed E-state index contributed by atoms with van der Waals surface area (Å²) in [6, 6.07) is 6.80. The van der Waals surface area contributed by atoms with Crippen molar-refractivity contribution in [3.8, 4) is 11.5 Å². The number of ether oxygens (including phenoxy) is 2. The molecule has 1 aliphatic heterocycles. The average molecular weight is 247 g/mol. The molecule has 0 aromatic heterocycles. The van der Waals surface area contributed by atoms with Gasteiger partial charge in [0, 0.05) is 12.6 Å². The maximum absolute atomic E-state index is 5.40. The van der Waals surface area contributed by atoms with Crippen LogP contribution in [0.5, 0.6) is 11.5 Å². The summed E-state index contributed by atoms with van der Waals surface area (Å²) in [6.07, 6.45) is 5.58. The van der Waals surface area contributed by atoms with E-state index in [1.165, 1.54) is 31.2 Å². The SMILES string of the molecule is C[C@@H](NCc1ccc2c(c1)OCO2)C1CCCC1. The Morgan fingerprint density at radius 3 is 2.83 bits per heavy atom. The van der Waals surface area contributed by atoms with Crippen LogP contribution < -0.4 is 14.8 Å². The molecule has 0 bridgehead atoms. The first kappa shape index (κ1) is 11.8. The van der Waals surface area contributed by atoms with Gasteiger partial charge in [-0.05, 0) is 43.4 Å². The van der Waals surface area contributed by atoms with Crippen LogP contribution in [0.15, 0.2) is 18.2 Å². The van der Waals surface area contributed by atoms with Gasteiger partial charge in [0.1, 0.15) is 0 Å². The predicted octanol–water partition coefficient (Wildman–Crippen LogP) is 3.08. The van der Waals surface area contributed by atoms with Crippen molar-refractivity contribution in [2.24, 2.45) is 5.92 Å². The zero-order valence-electron chi connectivity index (χ0n) is 10.9. The van der Waals surface area contributed by atoms with Gasteiger partial charge >= 0.3 is 0 Å². The Morgan fingerprint density at radius 1 is 1.22 bits per heavy atom. The smallest absolute Gasteiger partial charge is 0.231 e. The summed E-state index contributed by atoms with van der Waals surface area (Å²) in [5.74, 6) is 2.60. The van der Waals surface area contributed by atoms with Crippen molar-refractivity contribution in [1.29, 1.82) is 0 Å². The molecular formula is C15H21NO2. The summed E-state index contributed by atoms with van der Waals surface area (Å²) < 4.78 is 10.7. The molecule has 3 rings (SSSR count). The highest BCUT2D eigenvalue weighted by molar-refractivity contribution is 5.44. The van der Waals surface area contributed by atoms with Crippen LogP contribution >= 0.6 is 0 Å². The summed E-state index contributed by atoms with van der Waals surface area (Å²) in [6.45, 7) is 3.57. The molecule has 0 unspecified atom stereocenters. The Bertz CT molecular complexity index is 413. The third kappa shape index (κ3) is 2.46. The molecule has 1 saturated carbocycles. The van der Waals surface area contributed by atoms with Gasteiger partial charge in [0.15, 0.2) is 11.5 Å². The predicted molar refractivity (Wildman–Crippen MR) is 70.8 cm³/mol. The van der Waals surface area contributed by atoms with Crippen molar-refractivity contribution < 1.29 is 9.47 Å². The molecule has 1 N–H and O–H groups in total. The van der Waals surface area contributed by atoms with Crippen LogP contribution in [0.1, 0.15) is 38.2 Å². The van der Waals surface area contributed by atoms with Crippen LogP contribution in [0.3, 0.4) is 0 Å². The van der Waals surface area contributed by atoms with Crippen molar-refractivity contribution >= 4 is 0 Å². The van der Waals surface area contributed by atoms with Gasteiger partial charge in [0.2, 0.25) is 6.79 Å². The molecule has 18 heavy (non-hydrogen) atoms. The molecule has 0 amide bonds. The van der Waals surface area contributed by atoms with Crippen LogP contribution in [-0.4, -0.2) is 12.8 Å². The van der Waals surface area contributed by atoms with Gasteiger partial charge in [-0.1, -0.05) is 18.9 Å². The Kier molecular flexibility index (Phi) is 3.41. The molecule has 0 spiro atoms. The summed E-state index contributed by atoms with van der Waals surface area (Å²) in [7, 11) is 0. The van der Waals surface area contributed by atoms with Gasteiger partial charge in [0.05, 0.1) is 0 Å². The highest BCUT2D eigenvalue weighted by Crippen LogP contribution is 2.32. The number of nitrogens with one attached hydrogen (secondary N) is 1. The van der Waals surface area contributed by atoms with Crippen molar-refractivity contribution in [3.63, 3.8) is 0 Å². The second-order valence-electron chi connectivity index (χ2n) is 5.40. The van der Waals surface area contributed by atoms with E-state index in [1.54, 1.807) is 0 Å². The highest BCUT2D eigenvalue weighted by atomic mass is 16.7. The Morgan fingerprint density at radius 2 is 2.00 bits per heavy atom. The van der Waals surface area contributed by atoms with Crippen LogP contribution in [0.2, 0.25) is 0 Å². The molecule has 0 saturated heterocycles. The molecule has 1 aromatic rings. The van der Waals surface area contributed by atoms with E-state index in [2.05, 4.69) is 24.4 Å². The van der Waals surface area contributed by atoms with Gasteiger partial charge in [-0.2, -0.15) is 0 Å². The van der Waals surface area contributed by atoms with Crippen LogP contribution in [0.25, 0.3) is 0 Å². The third-order valence-electron chi connectivity index (χ3n) is 4.17. The summed E-state index contributed by atoms with van der Waals surface area (Å²) >= 11 is 0. The molecule has 1 heterocycles. The summed E-state index contributed by atoms with van der Waals surface area (Å²) in [5.41, 5.74) is 1.27. The Balaban J connectivity index is 1.56. The first-order chi connectivity index (χ1) is 8.83. The second-order valence-corrected chi connectivity index (χ2v) is 5.40. The molecule has 98 valence electrons. The largest absolute Gasteiger partial charge is 0.454 e. The number of benzene rings is 1. The van der Waals surface area contributed by atoms with E-state index in [1.807, 2.05) is 6.07 Å². The first-order valence-corrected chi connectivity index (χ1v) is 6.95. The minimum absolute atomic E-state index is 0.352. The monoisotopic (exact) mass is 247 g/mol. The topological polar surface area (TPSA) is 30.5 Å². The lowest BCUT2D eigenvalue weighted by atomic mass is 9.99. The highest BCUT2D eigenvalue weighted by Gasteiger charge is 2.21. The zero-order valence-corrected chi connectivity index (χ0v) is 10.9. The Labute approximate surface area is 108 Å². The van der Waals surface area contributed by atoms with E-state index in [0.29, 0.717) is 12.8 Å². The molecule has 0 radical (unpaired) electrons. The number of hydrogen-bond acceptors (Lipinski definition) is 3. The lowest BCUT2D eigenvalue weighted by molar-refractivity contribution is 0.174. The van der Waals surface area contributed by atoms with E-state index >= 15 is 0 Å². The second kappa shape index (κ2) is 5.19. The standard InChI is InChI=1S/C15H21NO2/c1-11(13-4-2-3-5-13)16-9-12-6-7-14-15(8-12)18-10-17-14/h6-8,11,13,16H,2-5,9-10H2,1H3/t11-/m1/s1. The van der Waals surface area contributed by atoms with Crippen molar-refractivity contribution in [1.82, 2.24) is 5.32 Å². The number of fused-ring (bicyclic) bond motifs is 1. The van der Waals surface area contributed by atoms with E-state index in [4.69, 9.17) is 9.47 Å². The van der Waals surface area contributed by atoms with E-state index in [0.717, 1.165) is 24.0 Å². The quantitative estimate of drug-likeness (QED) is 0.887. The first-order valence-electron chi connectivity index (χ1n) is 6.95. The van der Waals surface area contributed by atoms with E-state index < -0.39 is 0 Å². The molecule has 1 fully saturated rings. The van der Waals surface area contributed by atoms with E-state index in [-0.39, 0.29) is 0 Å². The lowest BCUT2D eigenvalue weighted by Gasteiger charge is -2.20. The molecular weight excluding hydrogens is 226 g/mol. The molecule has 2 aliphatic rings. The zero-order chi connectivity index (χ0) is 12.4. The van der Waals surface area contributed by atoms with Gasteiger partial charge in [0.25, 0.3) is 0 Å². The third-order valence-corrected chi connectivity index (χ3v) is 4.17. The van der Waals surface area contributed by atoms with Gasteiger partial charge in [-0.25, -0.2) is 0 Å². The summed E-state index contributed by atoms with van der Waals surface area (Å²) in [5, 5.41) is 3.64. The van der Waals surface area contributed by atoms with Gasteiger partial charge in [-0.3, -0.25) is 0 Å². The fourth-order valence-corrected chi connectivity index (χ4v) is 2.95. The fraction of sp³-hybridized carbons (Fsp3) is 0.600. The number of rotatable bonds is 4. The average Bonchev–Trinajstić information content (AvgIpc) is 3.05. The normalized spacial score (nSPS) is 20.3. The number of hydrogen-bond donors (Lipinski definition) is 1. The van der Waals surface area contributed by atoms with Gasteiger partial charge < -0.3 is 14.8 Å². The molecule has 1 aromatic carbocycles.